The number of amides is 2. The van der Waals surface area contributed by atoms with Gasteiger partial charge in [-0.1, -0.05) is 20.8 Å². The fourth-order valence-corrected chi connectivity index (χ4v) is 2.52. The summed E-state index contributed by atoms with van der Waals surface area (Å²) in [6.45, 7) is 8.61. The van der Waals surface area contributed by atoms with Gasteiger partial charge in [0, 0.05) is 19.5 Å². The van der Waals surface area contributed by atoms with E-state index in [1.807, 2.05) is 0 Å². The molecule has 5 nitrogen and oxygen atoms in total. The number of hydrogen-bond donors (Lipinski definition) is 2. The Bertz CT molecular complexity index is 323. The SMILES string of the molecule is CC(C)(C)C(CCN)CCC(=O)N1CCNC(=O)C1. The van der Waals surface area contributed by atoms with Gasteiger partial charge in [-0.3, -0.25) is 9.59 Å². The summed E-state index contributed by atoms with van der Waals surface area (Å²) in [6, 6.07) is 0. The third-order valence-corrected chi connectivity index (χ3v) is 3.84. The third kappa shape index (κ3) is 5.19. The van der Waals surface area contributed by atoms with Gasteiger partial charge in [0.15, 0.2) is 0 Å². The van der Waals surface area contributed by atoms with Gasteiger partial charge in [0.2, 0.25) is 11.8 Å². The topological polar surface area (TPSA) is 75.4 Å². The lowest BCUT2D eigenvalue weighted by Crippen LogP contribution is -2.50. The number of nitrogens with zero attached hydrogens (tertiary/aromatic N) is 1. The molecule has 0 aromatic heterocycles. The van der Waals surface area contributed by atoms with E-state index in [0.29, 0.717) is 32.0 Å². The summed E-state index contributed by atoms with van der Waals surface area (Å²) in [4.78, 5) is 25.0. The molecule has 19 heavy (non-hydrogen) atoms. The van der Waals surface area contributed by atoms with Crippen LogP contribution in [0.15, 0.2) is 0 Å². The molecule has 1 heterocycles. The minimum Gasteiger partial charge on any atom is -0.353 e. The summed E-state index contributed by atoms with van der Waals surface area (Å²) in [5, 5.41) is 2.73. The molecule has 0 bridgehead atoms. The molecular weight excluding hydrogens is 242 g/mol. The maximum absolute atomic E-state index is 12.1. The number of carbonyl (C=O) groups is 2. The largest absolute Gasteiger partial charge is 0.353 e. The van der Waals surface area contributed by atoms with Crippen LogP contribution in [-0.2, 0) is 9.59 Å². The quantitative estimate of drug-likeness (QED) is 0.773. The Morgan fingerprint density at radius 2 is 2.11 bits per heavy atom. The van der Waals surface area contributed by atoms with Gasteiger partial charge in [0.1, 0.15) is 0 Å². The molecule has 1 saturated heterocycles. The van der Waals surface area contributed by atoms with Crippen LogP contribution in [0.25, 0.3) is 0 Å². The Kier molecular flexibility index (Phi) is 5.79. The molecule has 0 aromatic rings. The third-order valence-electron chi connectivity index (χ3n) is 3.84. The molecule has 3 N–H and O–H groups in total. The molecule has 0 saturated carbocycles. The zero-order chi connectivity index (χ0) is 14.5. The molecule has 1 rings (SSSR count). The van der Waals surface area contributed by atoms with Gasteiger partial charge < -0.3 is 16.0 Å². The van der Waals surface area contributed by atoms with Crippen LogP contribution in [-0.4, -0.2) is 42.9 Å². The van der Waals surface area contributed by atoms with Crippen LogP contribution in [0.5, 0.6) is 0 Å². The summed E-state index contributed by atoms with van der Waals surface area (Å²) in [6.07, 6.45) is 2.30. The highest BCUT2D eigenvalue weighted by Gasteiger charge is 2.26. The average Bonchev–Trinajstić information content (AvgIpc) is 2.32. The Labute approximate surface area is 115 Å². The summed E-state index contributed by atoms with van der Waals surface area (Å²) < 4.78 is 0. The molecule has 110 valence electrons. The minimum absolute atomic E-state index is 0.0612. The van der Waals surface area contributed by atoms with Crippen molar-refractivity contribution in [3.63, 3.8) is 0 Å². The van der Waals surface area contributed by atoms with Crippen molar-refractivity contribution in [2.24, 2.45) is 17.1 Å². The second-order valence-electron chi connectivity index (χ2n) is 6.34. The fourth-order valence-electron chi connectivity index (χ4n) is 2.52. The molecule has 2 amide bonds. The Morgan fingerprint density at radius 3 is 2.63 bits per heavy atom. The van der Waals surface area contributed by atoms with Crippen LogP contribution in [0.3, 0.4) is 0 Å². The standard InChI is InChI=1S/C14H27N3O2/c1-14(2,3)11(6-7-15)4-5-13(19)17-9-8-16-12(18)10-17/h11H,4-10,15H2,1-3H3,(H,16,18). The van der Waals surface area contributed by atoms with Crippen LogP contribution < -0.4 is 11.1 Å². The van der Waals surface area contributed by atoms with Crippen molar-refractivity contribution in [3.8, 4) is 0 Å². The van der Waals surface area contributed by atoms with Crippen molar-refractivity contribution in [2.75, 3.05) is 26.2 Å². The highest BCUT2D eigenvalue weighted by molar-refractivity contribution is 5.85. The number of nitrogens with two attached hydrogens (primary N) is 1. The Morgan fingerprint density at radius 1 is 1.42 bits per heavy atom. The monoisotopic (exact) mass is 269 g/mol. The van der Waals surface area contributed by atoms with Crippen molar-refractivity contribution < 1.29 is 9.59 Å². The first-order valence-electron chi connectivity index (χ1n) is 7.09. The molecule has 0 aromatic carbocycles. The fraction of sp³-hybridized carbons (Fsp3) is 0.857. The first kappa shape index (κ1) is 16.0. The predicted octanol–water partition coefficient (Wildman–Crippen LogP) is 0.736. The van der Waals surface area contributed by atoms with E-state index in [-0.39, 0.29) is 23.8 Å². The zero-order valence-corrected chi connectivity index (χ0v) is 12.4. The summed E-state index contributed by atoms with van der Waals surface area (Å²) in [7, 11) is 0. The van der Waals surface area contributed by atoms with Crippen LogP contribution in [0.1, 0.15) is 40.0 Å². The molecule has 5 heteroatoms. The normalized spacial score (nSPS) is 18.1. The maximum atomic E-state index is 12.1. The van der Waals surface area contributed by atoms with Crippen molar-refractivity contribution in [1.29, 1.82) is 0 Å². The molecule has 0 spiro atoms. The van der Waals surface area contributed by atoms with E-state index < -0.39 is 0 Å². The van der Waals surface area contributed by atoms with E-state index >= 15 is 0 Å². The summed E-state index contributed by atoms with van der Waals surface area (Å²) in [5.74, 6) is 0.468. The van der Waals surface area contributed by atoms with Gasteiger partial charge in [-0.15, -0.1) is 0 Å². The van der Waals surface area contributed by atoms with E-state index in [9.17, 15) is 9.59 Å². The van der Waals surface area contributed by atoms with E-state index in [0.717, 1.165) is 12.8 Å². The Balaban J connectivity index is 2.45. The smallest absolute Gasteiger partial charge is 0.239 e. The van der Waals surface area contributed by atoms with Crippen molar-refractivity contribution in [3.05, 3.63) is 0 Å². The van der Waals surface area contributed by atoms with Crippen molar-refractivity contribution in [2.45, 2.75) is 40.0 Å². The second-order valence-corrected chi connectivity index (χ2v) is 6.34. The van der Waals surface area contributed by atoms with E-state index in [4.69, 9.17) is 5.73 Å². The van der Waals surface area contributed by atoms with Gasteiger partial charge >= 0.3 is 0 Å². The minimum atomic E-state index is -0.0612. The van der Waals surface area contributed by atoms with Gasteiger partial charge in [0.25, 0.3) is 0 Å². The lowest BCUT2D eigenvalue weighted by atomic mass is 9.76. The van der Waals surface area contributed by atoms with Crippen LogP contribution in [0.4, 0.5) is 0 Å². The van der Waals surface area contributed by atoms with E-state index in [1.54, 1.807) is 4.90 Å². The molecule has 1 unspecified atom stereocenters. The lowest BCUT2D eigenvalue weighted by molar-refractivity contribution is -0.138. The molecule has 1 atom stereocenters. The van der Waals surface area contributed by atoms with Crippen molar-refractivity contribution in [1.82, 2.24) is 10.2 Å². The number of rotatable bonds is 5. The highest BCUT2D eigenvalue weighted by Crippen LogP contribution is 2.32. The highest BCUT2D eigenvalue weighted by atomic mass is 16.2. The van der Waals surface area contributed by atoms with Gasteiger partial charge in [-0.25, -0.2) is 0 Å². The zero-order valence-electron chi connectivity index (χ0n) is 12.4. The predicted molar refractivity (Wildman–Crippen MR) is 75.4 cm³/mol. The van der Waals surface area contributed by atoms with Gasteiger partial charge in [-0.2, -0.15) is 0 Å². The van der Waals surface area contributed by atoms with Gasteiger partial charge in [0.05, 0.1) is 6.54 Å². The van der Waals surface area contributed by atoms with Crippen molar-refractivity contribution >= 4 is 11.8 Å². The number of piperazine rings is 1. The molecule has 0 radical (unpaired) electrons. The maximum Gasteiger partial charge on any atom is 0.239 e. The van der Waals surface area contributed by atoms with Gasteiger partial charge in [-0.05, 0) is 30.7 Å². The average molecular weight is 269 g/mol. The molecule has 1 fully saturated rings. The number of hydrogen-bond acceptors (Lipinski definition) is 3. The summed E-state index contributed by atoms with van der Waals surface area (Å²) in [5.41, 5.74) is 5.81. The first-order chi connectivity index (χ1) is 8.84. The van der Waals surface area contributed by atoms with E-state index in [1.165, 1.54) is 0 Å². The van der Waals surface area contributed by atoms with Crippen LogP contribution in [0, 0.1) is 11.3 Å². The molecule has 0 aliphatic carbocycles. The van der Waals surface area contributed by atoms with Crippen LogP contribution >= 0.6 is 0 Å². The summed E-state index contributed by atoms with van der Waals surface area (Å²) >= 11 is 0. The number of nitrogens with one attached hydrogen (secondary N) is 1. The Hall–Kier alpha value is -1.10. The molecular formula is C14H27N3O2. The first-order valence-corrected chi connectivity index (χ1v) is 7.09. The molecule has 1 aliphatic rings. The molecule has 1 aliphatic heterocycles. The second kappa shape index (κ2) is 6.89. The van der Waals surface area contributed by atoms with E-state index in [2.05, 4.69) is 26.1 Å². The lowest BCUT2D eigenvalue weighted by Gasteiger charge is -2.32. The number of carbonyl (C=O) groups excluding carboxylic acids is 2. The van der Waals surface area contributed by atoms with Crippen LogP contribution in [0.2, 0.25) is 0 Å².